The molecule has 0 unspecified atom stereocenters. The summed E-state index contributed by atoms with van der Waals surface area (Å²) in [5.41, 5.74) is -0.402. The molecule has 0 radical (unpaired) electrons. The molecule has 0 aromatic carbocycles. The maximum atomic E-state index is 12.1. The lowest BCUT2D eigenvalue weighted by atomic mass is 9.87. The maximum Gasteiger partial charge on any atom is 0.319 e. The zero-order chi connectivity index (χ0) is 13.1. The van der Waals surface area contributed by atoms with E-state index in [-0.39, 0.29) is 12.4 Å². The third-order valence-electron chi connectivity index (χ3n) is 2.34. The van der Waals surface area contributed by atoms with Gasteiger partial charge in [0.15, 0.2) is 5.82 Å². The van der Waals surface area contributed by atoms with Crippen molar-refractivity contribution in [1.82, 2.24) is 9.97 Å². The number of aryl methyl sites for hydroxylation is 1. The van der Waals surface area contributed by atoms with E-state index in [9.17, 15) is 9.59 Å². The molecule has 0 amide bonds. The molecule has 0 fully saturated rings. The van der Waals surface area contributed by atoms with Crippen LogP contribution >= 0.6 is 0 Å². The van der Waals surface area contributed by atoms with Crippen LogP contribution in [-0.2, 0) is 9.53 Å². The quantitative estimate of drug-likeness (QED) is 0.450. The summed E-state index contributed by atoms with van der Waals surface area (Å²) in [4.78, 5) is 31.6. The molecule has 0 spiro atoms. The molecule has 5 heteroatoms. The SMILES string of the molecule is CCOC(=O)C(C)(C)C(=O)c1ncc(C)cn1. The Morgan fingerprint density at radius 1 is 1.29 bits per heavy atom. The van der Waals surface area contributed by atoms with Crippen LogP contribution < -0.4 is 0 Å². The van der Waals surface area contributed by atoms with E-state index in [0.29, 0.717) is 0 Å². The second kappa shape index (κ2) is 5.03. The van der Waals surface area contributed by atoms with Crippen molar-refractivity contribution < 1.29 is 14.3 Å². The Morgan fingerprint density at radius 2 is 1.82 bits per heavy atom. The first-order valence-electron chi connectivity index (χ1n) is 5.40. The molecular weight excluding hydrogens is 220 g/mol. The van der Waals surface area contributed by atoms with Gasteiger partial charge in [-0.3, -0.25) is 9.59 Å². The van der Waals surface area contributed by atoms with Gasteiger partial charge < -0.3 is 4.74 Å². The van der Waals surface area contributed by atoms with E-state index in [0.717, 1.165) is 5.56 Å². The number of carbonyl (C=O) groups is 2. The Kier molecular flexibility index (Phi) is 3.93. The minimum absolute atomic E-state index is 0.0358. The van der Waals surface area contributed by atoms with Crippen molar-refractivity contribution in [3.63, 3.8) is 0 Å². The number of carbonyl (C=O) groups excluding carboxylic acids is 2. The van der Waals surface area contributed by atoms with Crippen LogP contribution in [0.3, 0.4) is 0 Å². The summed E-state index contributed by atoms with van der Waals surface area (Å²) < 4.78 is 4.86. The predicted octanol–water partition coefficient (Wildman–Crippen LogP) is 1.56. The van der Waals surface area contributed by atoms with Crippen molar-refractivity contribution in [3.8, 4) is 0 Å². The van der Waals surface area contributed by atoms with Crippen molar-refractivity contribution in [3.05, 3.63) is 23.8 Å². The van der Waals surface area contributed by atoms with Gasteiger partial charge in [-0.15, -0.1) is 0 Å². The molecule has 5 nitrogen and oxygen atoms in total. The molecular formula is C12H16N2O3. The summed E-state index contributed by atoms with van der Waals surface area (Å²) in [6.45, 7) is 6.78. The monoisotopic (exact) mass is 236 g/mol. The lowest BCUT2D eigenvalue weighted by Crippen LogP contribution is -2.36. The lowest BCUT2D eigenvalue weighted by Gasteiger charge is -2.19. The molecule has 1 rings (SSSR count). The van der Waals surface area contributed by atoms with Crippen LogP contribution in [0.5, 0.6) is 0 Å². The van der Waals surface area contributed by atoms with Gasteiger partial charge in [0, 0.05) is 12.4 Å². The zero-order valence-electron chi connectivity index (χ0n) is 10.5. The predicted molar refractivity (Wildman–Crippen MR) is 61.5 cm³/mol. The standard InChI is InChI=1S/C12H16N2O3/c1-5-17-11(16)12(3,4)9(15)10-13-6-8(2)7-14-10/h6-7H,5H2,1-4H3. The number of Topliss-reactive ketones (excluding diaryl/α,β-unsaturated/α-hetero) is 1. The summed E-state index contributed by atoms with van der Waals surface area (Å²) in [5, 5.41) is 0. The Bertz CT molecular complexity index is 424. The van der Waals surface area contributed by atoms with Crippen molar-refractivity contribution in [1.29, 1.82) is 0 Å². The molecule has 0 aliphatic heterocycles. The normalized spacial score (nSPS) is 11.1. The molecule has 92 valence electrons. The number of aromatic nitrogens is 2. The first-order valence-corrected chi connectivity index (χ1v) is 5.40. The summed E-state index contributed by atoms with van der Waals surface area (Å²) in [6.07, 6.45) is 3.09. The van der Waals surface area contributed by atoms with Gasteiger partial charge in [0.1, 0.15) is 5.41 Å². The van der Waals surface area contributed by atoms with Crippen LogP contribution in [0.1, 0.15) is 37.0 Å². The highest BCUT2D eigenvalue weighted by Crippen LogP contribution is 2.22. The summed E-state index contributed by atoms with van der Waals surface area (Å²) >= 11 is 0. The second-order valence-corrected chi connectivity index (χ2v) is 4.26. The van der Waals surface area contributed by atoms with E-state index in [1.54, 1.807) is 19.3 Å². The Hall–Kier alpha value is -1.78. The van der Waals surface area contributed by atoms with Gasteiger partial charge in [0.2, 0.25) is 5.78 Å². The molecule has 0 saturated carbocycles. The van der Waals surface area contributed by atoms with E-state index >= 15 is 0 Å². The molecule has 0 saturated heterocycles. The van der Waals surface area contributed by atoms with Crippen LogP contribution in [0.25, 0.3) is 0 Å². The minimum atomic E-state index is -1.26. The molecule has 17 heavy (non-hydrogen) atoms. The van der Waals surface area contributed by atoms with Crippen molar-refractivity contribution in [2.24, 2.45) is 5.41 Å². The highest BCUT2D eigenvalue weighted by Gasteiger charge is 2.39. The van der Waals surface area contributed by atoms with Gasteiger partial charge in [0.25, 0.3) is 0 Å². The number of nitrogens with zero attached hydrogens (tertiary/aromatic N) is 2. The van der Waals surface area contributed by atoms with E-state index in [2.05, 4.69) is 9.97 Å². The molecule has 1 heterocycles. The number of esters is 1. The smallest absolute Gasteiger partial charge is 0.319 e. The second-order valence-electron chi connectivity index (χ2n) is 4.26. The molecule has 1 aromatic heterocycles. The summed E-state index contributed by atoms with van der Waals surface area (Å²) in [7, 11) is 0. The molecule has 0 atom stereocenters. The fraction of sp³-hybridized carbons (Fsp3) is 0.500. The molecule has 0 aliphatic rings. The Morgan fingerprint density at radius 3 is 2.29 bits per heavy atom. The minimum Gasteiger partial charge on any atom is -0.465 e. The van der Waals surface area contributed by atoms with E-state index < -0.39 is 17.2 Å². The van der Waals surface area contributed by atoms with Gasteiger partial charge in [-0.25, -0.2) is 9.97 Å². The average Bonchev–Trinajstić information content (AvgIpc) is 2.29. The Labute approximate surface area is 100 Å². The topological polar surface area (TPSA) is 69.2 Å². The van der Waals surface area contributed by atoms with E-state index in [1.807, 2.05) is 6.92 Å². The van der Waals surface area contributed by atoms with Crippen molar-refractivity contribution in [2.45, 2.75) is 27.7 Å². The zero-order valence-corrected chi connectivity index (χ0v) is 10.5. The van der Waals surface area contributed by atoms with Crippen LogP contribution in [0, 0.1) is 12.3 Å². The van der Waals surface area contributed by atoms with Gasteiger partial charge >= 0.3 is 5.97 Å². The van der Waals surface area contributed by atoms with E-state index in [4.69, 9.17) is 4.74 Å². The molecule has 0 aliphatic carbocycles. The number of ketones is 1. The van der Waals surface area contributed by atoms with Gasteiger partial charge in [-0.05, 0) is 33.3 Å². The maximum absolute atomic E-state index is 12.1. The van der Waals surface area contributed by atoms with Crippen LogP contribution in [0.15, 0.2) is 12.4 Å². The highest BCUT2D eigenvalue weighted by molar-refractivity contribution is 6.09. The third kappa shape index (κ3) is 2.87. The molecule has 0 N–H and O–H groups in total. The summed E-state index contributed by atoms with van der Waals surface area (Å²) in [5.74, 6) is -0.959. The van der Waals surface area contributed by atoms with Crippen LogP contribution in [0.2, 0.25) is 0 Å². The molecule has 0 bridgehead atoms. The van der Waals surface area contributed by atoms with Crippen molar-refractivity contribution in [2.75, 3.05) is 6.61 Å². The number of rotatable bonds is 4. The number of hydrogen-bond donors (Lipinski definition) is 0. The van der Waals surface area contributed by atoms with Crippen LogP contribution in [0.4, 0.5) is 0 Å². The average molecular weight is 236 g/mol. The number of hydrogen-bond acceptors (Lipinski definition) is 5. The Balaban J connectivity index is 2.95. The summed E-state index contributed by atoms with van der Waals surface area (Å²) in [6, 6.07) is 0. The highest BCUT2D eigenvalue weighted by atomic mass is 16.5. The van der Waals surface area contributed by atoms with Gasteiger partial charge in [0.05, 0.1) is 6.61 Å². The fourth-order valence-electron chi connectivity index (χ4n) is 1.19. The lowest BCUT2D eigenvalue weighted by molar-refractivity contribution is -0.150. The van der Waals surface area contributed by atoms with Gasteiger partial charge in [-0.2, -0.15) is 0 Å². The van der Waals surface area contributed by atoms with Crippen molar-refractivity contribution >= 4 is 11.8 Å². The van der Waals surface area contributed by atoms with E-state index in [1.165, 1.54) is 13.8 Å². The first-order chi connectivity index (χ1) is 7.89. The third-order valence-corrected chi connectivity index (χ3v) is 2.34. The largest absolute Gasteiger partial charge is 0.465 e. The van der Waals surface area contributed by atoms with Gasteiger partial charge in [-0.1, -0.05) is 0 Å². The molecule has 1 aromatic rings. The number of ether oxygens (including phenoxy) is 1. The fourth-order valence-corrected chi connectivity index (χ4v) is 1.19. The first kappa shape index (κ1) is 13.3. The van der Waals surface area contributed by atoms with Crippen LogP contribution in [-0.4, -0.2) is 28.3 Å².